The molecule has 2 aliphatic heterocycles. The number of carboxylic acid groups (broad SMARTS) is 1. The lowest BCUT2D eigenvalue weighted by atomic mass is 10.0. The highest BCUT2D eigenvalue weighted by Gasteiger charge is 2.38. The molecule has 4 rings (SSSR count). The number of para-hydroxylation sites is 1. The summed E-state index contributed by atoms with van der Waals surface area (Å²) < 4.78 is 76.8. The van der Waals surface area contributed by atoms with Gasteiger partial charge >= 0.3 is 24.3 Å². The Hall–Kier alpha value is -2.76. The van der Waals surface area contributed by atoms with Gasteiger partial charge in [0, 0.05) is 29.2 Å². The molecule has 0 saturated carbocycles. The SMILES string of the molecule is O=C(O)C(F)(F)F.O=C(OC1C[C@H]2CC[C@@H](C1)N2)c1cn(CC(F)(F)F)c2ccccc12. The molecule has 2 saturated heterocycles. The molecule has 1 aromatic heterocycles. The van der Waals surface area contributed by atoms with Crippen LogP contribution in [0.4, 0.5) is 26.3 Å². The molecule has 32 heavy (non-hydrogen) atoms. The molecular weight excluding hydrogens is 446 g/mol. The maximum Gasteiger partial charge on any atom is 0.490 e. The summed E-state index contributed by atoms with van der Waals surface area (Å²) in [7, 11) is 0. The van der Waals surface area contributed by atoms with Gasteiger partial charge in [0.05, 0.1) is 5.56 Å². The normalized spacial score (nSPS) is 22.9. The maximum atomic E-state index is 12.8. The molecule has 1 unspecified atom stereocenters. The molecule has 0 amide bonds. The minimum absolute atomic E-state index is 0.170. The van der Waals surface area contributed by atoms with E-state index in [9.17, 15) is 31.1 Å². The Morgan fingerprint density at radius 3 is 2.16 bits per heavy atom. The number of halogens is 6. The van der Waals surface area contributed by atoms with Gasteiger partial charge in [-0.15, -0.1) is 0 Å². The van der Waals surface area contributed by atoms with Gasteiger partial charge in [0.25, 0.3) is 0 Å². The summed E-state index contributed by atoms with van der Waals surface area (Å²) in [4.78, 5) is 21.5. The van der Waals surface area contributed by atoms with Crippen molar-refractivity contribution in [2.75, 3.05) is 0 Å². The van der Waals surface area contributed by atoms with Crippen molar-refractivity contribution in [3.05, 3.63) is 36.0 Å². The molecule has 1 aromatic carbocycles. The standard InChI is InChI=1S/C18H19F3N2O2.C2HF3O2/c19-18(20,21)10-23-9-15(14-3-1-2-4-16(14)23)17(24)25-13-7-11-5-6-12(8-13)22-11;3-2(4,5)1(6)7/h1-4,9,11-13,22H,5-8,10H2;(H,6,7)/t11-,12+,13?;. The highest BCUT2D eigenvalue weighted by atomic mass is 19.4. The van der Waals surface area contributed by atoms with Crippen molar-refractivity contribution in [1.82, 2.24) is 9.88 Å². The van der Waals surface area contributed by atoms with E-state index < -0.39 is 30.8 Å². The van der Waals surface area contributed by atoms with Crippen molar-refractivity contribution in [3.63, 3.8) is 0 Å². The number of aliphatic carboxylic acids is 1. The minimum atomic E-state index is -5.08. The Bertz CT molecular complexity index is 973. The van der Waals surface area contributed by atoms with E-state index in [-0.39, 0.29) is 11.7 Å². The Morgan fingerprint density at radius 1 is 1.06 bits per heavy atom. The van der Waals surface area contributed by atoms with Crippen LogP contribution in [0.3, 0.4) is 0 Å². The fourth-order valence-corrected chi connectivity index (χ4v) is 4.05. The van der Waals surface area contributed by atoms with Gasteiger partial charge in [-0.25, -0.2) is 9.59 Å². The molecule has 2 N–H and O–H groups in total. The Morgan fingerprint density at radius 2 is 1.62 bits per heavy atom. The highest BCUT2D eigenvalue weighted by Crippen LogP contribution is 2.31. The number of hydrogen-bond acceptors (Lipinski definition) is 4. The molecule has 2 aromatic rings. The number of nitrogens with zero attached hydrogens (tertiary/aromatic N) is 1. The fraction of sp³-hybridized carbons (Fsp3) is 0.500. The quantitative estimate of drug-likeness (QED) is 0.522. The lowest BCUT2D eigenvalue weighted by molar-refractivity contribution is -0.192. The summed E-state index contributed by atoms with van der Waals surface area (Å²) in [5.74, 6) is -3.30. The van der Waals surface area contributed by atoms with Crippen LogP contribution in [0.5, 0.6) is 0 Å². The van der Waals surface area contributed by atoms with Crippen molar-refractivity contribution in [2.45, 2.75) is 62.8 Å². The number of fused-ring (bicyclic) bond motifs is 3. The third-order valence-corrected chi connectivity index (χ3v) is 5.30. The molecule has 2 fully saturated rings. The van der Waals surface area contributed by atoms with Crippen molar-refractivity contribution >= 4 is 22.8 Å². The number of carboxylic acids is 1. The molecule has 3 heterocycles. The number of aromatic nitrogens is 1. The smallest absolute Gasteiger partial charge is 0.475 e. The van der Waals surface area contributed by atoms with E-state index >= 15 is 0 Å². The van der Waals surface area contributed by atoms with Crippen LogP contribution in [0.15, 0.2) is 30.5 Å². The summed E-state index contributed by atoms with van der Waals surface area (Å²) in [6.07, 6.45) is -4.64. The molecule has 3 atom stereocenters. The fourth-order valence-electron chi connectivity index (χ4n) is 4.05. The number of ether oxygens (including phenoxy) is 1. The lowest BCUT2D eigenvalue weighted by Crippen LogP contribution is -2.42. The Balaban J connectivity index is 0.000000360. The van der Waals surface area contributed by atoms with Gasteiger partial charge in [0.2, 0.25) is 0 Å². The zero-order valence-corrected chi connectivity index (χ0v) is 16.5. The maximum absolute atomic E-state index is 12.8. The molecule has 12 heteroatoms. The number of piperidine rings is 1. The average Bonchev–Trinajstić information content (AvgIpc) is 3.20. The first-order chi connectivity index (χ1) is 14.8. The van der Waals surface area contributed by atoms with E-state index in [0.29, 0.717) is 23.0 Å². The average molecular weight is 466 g/mol. The largest absolute Gasteiger partial charge is 0.490 e. The van der Waals surface area contributed by atoms with E-state index in [1.165, 1.54) is 6.20 Å². The van der Waals surface area contributed by atoms with Crippen LogP contribution >= 0.6 is 0 Å². The van der Waals surface area contributed by atoms with Crippen LogP contribution in [0.2, 0.25) is 0 Å². The van der Waals surface area contributed by atoms with Gasteiger partial charge in [0.15, 0.2) is 0 Å². The van der Waals surface area contributed by atoms with Crippen molar-refractivity contribution < 1.29 is 45.8 Å². The van der Waals surface area contributed by atoms with E-state index in [1.54, 1.807) is 24.3 Å². The third-order valence-electron chi connectivity index (χ3n) is 5.30. The second-order valence-corrected chi connectivity index (χ2v) is 7.74. The van der Waals surface area contributed by atoms with E-state index in [2.05, 4.69) is 5.32 Å². The second-order valence-electron chi connectivity index (χ2n) is 7.74. The summed E-state index contributed by atoms with van der Waals surface area (Å²) in [6.45, 7) is -1.13. The van der Waals surface area contributed by atoms with Crippen LogP contribution in [-0.2, 0) is 16.1 Å². The van der Waals surface area contributed by atoms with Crippen LogP contribution in [0.1, 0.15) is 36.0 Å². The topological polar surface area (TPSA) is 80.6 Å². The van der Waals surface area contributed by atoms with E-state index in [0.717, 1.165) is 30.3 Å². The minimum Gasteiger partial charge on any atom is -0.475 e. The van der Waals surface area contributed by atoms with Gasteiger partial charge in [0.1, 0.15) is 12.6 Å². The molecule has 176 valence electrons. The number of alkyl halides is 6. The highest BCUT2D eigenvalue weighted by molar-refractivity contribution is 6.04. The number of rotatable bonds is 3. The lowest BCUT2D eigenvalue weighted by Gasteiger charge is -2.28. The molecule has 2 bridgehead atoms. The number of esters is 1. The van der Waals surface area contributed by atoms with Crippen molar-refractivity contribution in [1.29, 1.82) is 0 Å². The second kappa shape index (κ2) is 9.00. The predicted molar refractivity (Wildman–Crippen MR) is 100 cm³/mol. The predicted octanol–water partition coefficient (Wildman–Crippen LogP) is 4.28. The van der Waals surface area contributed by atoms with Gasteiger partial charge in [-0.3, -0.25) is 0 Å². The van der Waals surface area contributed by atoms with Crippen LogP contribution < -0.4 is 5.32 Å². The molecule has 0 radical (unpaired) electrons. The van der Waals surface area contributed by atoms with E-state index in [1.807, 2.05) is 0 Å². The van der Waals surface area contributed by atoms with Crippen LogP contribution in [0, 0.1) is 0 Å². The molecular formula is C20H20F6N2O4. The Kier molecular flexibility index (Phi) is 6.72. The third kappa shape index (κ3) is 5.93. The number of nitrogens with one attached hydrogen (secondary N) is 1. The molecule has 6 nitrogen and oxygen atoms in total. The molecule has 2 aliphatic rings. The summed E-state index contributed by atoms with van der Waals surface area (Å²) in [5.41, 5.74) is 0.586. The summed E-state index contributed by atoms with van der Waals surface area (Å²) in [6, 6.07) is 7.37. The van der Waals surface area contributed by atoms with Crippen molar-refractivity contribution in [2.24, 2.45) is 0 Å². The van der Waals surface area contributed by atoms with Crippen LogP contribution in [-0.4, -0.2) is 52.2 Å². The monoisotopic (exact) mass is 466 g/mol. The van der Waals surface area contributed by atoms with Crippen molar-refractivity contribution in [3.8, 4) is 0 Å². The van der Waals surface area contributed by atoms with Gasteiger partial charge in [-0.05, 0) is 31.7 Å². The molecule has 0 spiro atoms. The Labute approximate surface area is 178 Å². The number of benzene rings is 1. The summed E-state index contributed by atoms with van der Waals surface area (Å²) >= 11 is 0. The first-order valence-electron chi connectivity index (χ1n) is 9.75. The first kappa shape index (κ1) is 23.9. The van der Waals surface area contributed by atoms with Crippen LogP contribution in [0.25, 0.3) is 10.9 Å². The summed E-state index contributed by atoms with van der Waals surface area (Å²) in [5, 5.41) is 11.1. The van der Waals surface area contributed by atoms with Gasteiger partial charge < -0.3 is 19.7 Å². The number of carbonyl (C=O) groups excluding carboxylic acids is 1. The number of hydrogen-bond donors (Lipinski definition) is 2. The zero-order valence-electron chi connectivity index (χ0n) is 16.5. The molecule has 0 aliphatic carbocycles. The van der Waals surface area contributed by atoms with E-state index in [4.69, 9.17) is 14.6 Å². The number of carbonyl (C=O) groups is 2. The zero-order chi connectivity index (χ0) is 23.7. The van der Waals surface area contributed by atoms with Gasteiger partial charge in [-0.1, -0.05) is 18.2 Å². The first-order valence-corrected chi connectivity index (χ1v) is 9.75. The van der Waals surface area contributed by atoms with Gasteiger partial charge in [-0.2, -0.15) is 26.3 Å².